The zero-order valence-corrected chi connectivity index (χ0v) is 18.8. The fraction of sp³-hybridized carbons (Fsp3) is 0.310. The highest BCUT2D eigenvalue weighted by atomic mass is 19.1. The summed E-state index contributed by atoms with van der Waals surface area (Å²) in [6, 6.07) is 14.9. The summed E-state index contributed by atoms with van der Waals surface area (Å²) < 4.78 is 13.7. The van der Waals surface area contributed by atoms with Crippen LogP contribution in [0.5, 0.6) is 0 Å². The van der Waals surface area contributed by atoms with Gasteiger partial charge in [-0.15, -0.1) is 6.58 Å². The maximum atomic E-state index is 13.7. The predicted octanol–water partition coefficient (Wildman–Crippen LogP) is 5.79. The molecular weight excluding hydrogens is 381 g/mol. The molecule has 0 bridgehead atoms. The molecule has 162 valence electrons. The zero-order valence-electron chi connectivity index (χ0n) is 18.8. The van der Waals surface area contributed by atoms with E-state index in [2.05, 4.69) is 45.2 Å². The van der Waals surface area contributed by atoms with Crippen molar-refractivity contribution in [2.75, 3.05) is 0 Å². The Morgan fingerprint density at radius 2 is 1.81 bits per heavy atom. The first kappa shape index (κ1) is 23.0. The van der Waals surface area contributed by atoms with Crippen molar-refractivity contribution in [2.45, 2.75) is 52.0 Å². The molecule has 1 nitrogen and oxygen atoms in total. The van der Waals surface area contributed by atoms with Gasteiger partial charge in [0.2, 0.25) is 0 Å². The predicted molar refractivity (Wildman–Crippen MR) is 131 cm³/mol. The Bertz CT molecular complexity index is 1080. The van der Waals surface area contributed by atoms with E-state index in [1.165, 1.54) is 41.7 Å². The third-order valence-corrected chi connectivity index (χ3v) is 5.95. The monoisotopic (exact) mass is 415 g/mol. The van der Waals surface area contributed by atoms with E-state index in [0.717, 1.165) is 40.8 Å². The van der Waals surface area contributed by atoms with Gasteiger partial charge in [-0.2, -0.15) is 0 Å². The topological polar surface area (TPSA) is 26.0 Å². The van der Waals surface area contributed by atoms with E-state index in [1.807, 2.05) is 30.3 Å². The van der Waals surface area contributed by atoms with E-state index >= 15 is 0 Å². The molecule has 31 heavy (non-hydrogen) atoms. The highest BCUT2D eigenvalue weighted by Gasteiger charge is 2.26. The van der Waals surface area contributed by atoms with Gasteiger partial charge in [0.25, 0.3) is 0 Å². The van der Waals surface area contributed by atoms with Crippen molar-refractivity contribution in [3.05, 3.63) is 106 Å². The molecule has 0 radical (unpaired) electrons. The molecule has 2 aromatic rings. The second-order valence-electron chi connectivity index (χ2n) is 8.78. The van der Waals surface area contributed by atoms with Crippen LogP contribution in [0.1, 0.15) is 51.5 Å². The average molecular weight is 416 g/mol. The van der Waals surface area contributed by atoms with Gasteiger partial charge in [0.1, 0.15) is 5.82 Å². The van der Waals surface area contributed by atoms with Crippen LogP contribution in [-0.4, -0.2) is 6.04 Å². The molecule has 2 N–H and O–H groups in total. The van der Waals surface area contributed by atoms with Gasteiger partial charge in [-0.25, -0.2) is 4.39 Å². The molecule has 1 unspecified atom stereocenters. The summed E-state index contributed by atoms with van der Waals surface area (Å²) in [5, 5.41) is 2.03. The molecule has 0 amide bonds. The summed E-state index contributed by atoms with van der Waals surface area (Å²) in [6.07, 6.45) is 9.72. The smallest absolute Gasteiger partial charge is 0.123 e. The third-order valence-electron chi connectivity index (χ3n) is 5.95. The third kappa shape index (κ3) is 6.38. The molecule has 1 aliphatic rings. The van der Waals surface area contributed by atoms with Crippen molar-refractivity contribution >= 4 is 12.2 Å². The molecule has 1 saturated carbocycles. The van der Waals surface area contributed by atoms with Crippen LogP contribution < -0.4 is 16.2 Å². The minimum absolute atomic E-state index is 0.00850. The molecule has 1 fully saturated rings. The number of halogens is 1. The van der Waals surface area contributed by atoms with Crippen molar-refractivity contribution in [3.8, 4) is 0 Å². The molecular formula is C29H34FN. The summed E-state index contributed by atoms with van der Waals surface area (Å²) in [5.41, 5.74) is 12.3. The van der Waals surface area contributed by atoms with Gasteiger partial charge < -0.3 is 5.73 Å². The van der Waals surface area contributed by atoms with Gasteiger partial charge in [0.15, 0.2) is 0 Å². The van der Waals surface area contributed by atoms with Crippen molar-refractivity contribution in [2.24, 2.45) is 11.7 Å². The zero-order chi connectivity index (χ0) is 22.4. The molecule has 2 heteroatoms. The van der Waals surface area contributed by atoms with E-state index in [1.54, 1.807) is 0 Å². The maximum Gasteiger partial charge on any atom is 0.123 e. The van der Waals surface area contributed by atoms with E-state index in [4.69, 9.17) is 5.73 Å². The summed E-state index contributed by atoms with van der Waals surface area (Å²) in [7, 11) is 0. The summed E-state index contributed by atoms with van der Waals surface area (Å²) in [6.45, 7) is 12.5. The minimum atomic E-state index is -0.231. The van der Waals surface area contributed by atoms with Crippen molar-refractivity contribution in [1.82, 2.24) is 0 Å². The van der Waals surface area contributed by atoms with E-state index in [0.29, 0.717) is 5.92 Å². The number of allylic oxidation sites excluding steroid dienone is 4. The van der Waals surface area contributed by atoms with Crippen LogP contribution in [0.15, 0.2) is 84.0 Å². The Labute approximate surface area is 186 Å². The molecule has 0 aromatic heterocycles. The lowest BCUT2D eigenvalue weighted by Gasteiger charge is -2.16. The van der Waals surface area contributed by atoms with Crippen LogP contribution in [0, 0.1) is 11.7 Å². The fourth-order valence-electron chi connectivity index (χ4n) is 3.94. The largest absolute Gasteiger partial charge is 0.324 e. The van der Waals surface area contributed by atoms with Crippen molar-refractivity contribution in [1.29, 1.82) is 0 Å². The van der Waals surface area contributed by atoms with Crippen LogP contribution in [0.2, 0.25) is 0 Å². The van der Waals surface area contributed by atoms with Gasteiger partial charge in [-0.05, 0) is 91.1 Å². The van der Waals surface area contributed by atoms with E-state index < -0.39 is 0 Å². The Kier molecular flexibility index (Phi) is 7.81. The quantitative estimate of drug-likeness (QED) is 0.407. The minimum Gasteiger partial charge on any atom is -0.324 e. The Morgan fingerprint density at radius 3 is 2.42 bits per heavy atom. The first-order chi connectivity index (χ1) is 14.9. The molecule has 0 spiro atoms. The number of rotatable bonds is 9. The van der Waals surface area contributed by atoms with Crippen molar-refractivity contribution < 1.29 is 4.39 Å². The van der Waals surface area contributed by atoms with Gasteiger partial charge in [0, 0.05) is 6.04 Å². The van der Waals surface area contributed by atoms with Crippen LogP contribution in [-0.2, 0) is 0 Å². The average Bonchev–Trinajstić information content (AvgIpc) is 3.57. The number of hydrogen-bond acceptors (Lipinski definition) is 1. The number of hydrogen-bond donors (Lipinski definition) is 1. The summed E-state index contributed by atoms with van der Waals surface area (Å²) in [5.74, 6) is 0.372. The Morgan fingerprint density at radius 1 is 1.13 bits per heavy atom. The van der Waals surface area contributed by atoms with Gasteiger partial charge in [0.05, 0.1) is 0 Å². The molecule has 0 heterocycles. The molecule has 1 aliphatic carbocycles. The van der Waals surface area contributed by atoms with Crippen LogP contribution in [0.25, 0.3) is 12.2 Å². The summed E-state index contributed by atoms with van der Waals surface area (Å²) >= 11 is 0. The van der Waals surface area contributed by atoms with Crippen LogP contribution in [0.4, 0.5) is 4.39 Å². The van der Waals surface area contributed by atoms with Crippen LogP contribution in [0.3, 0.4) is 0 Å². The van der Waals surface area contributed by atoms with E-state index in [9.17, 15) is 4.39 Å². The first-order valence-corrected chi connectivity index (χ1v) is 11.2. The Hall–Kier alpha value is -2.71. The molecule has 3 rings (SSSR count). The van der Waals surface area contributed by atoms with E-state index in [-0.39, 0.29) is 11.9 Å². The molecule has 0 aliphatic heterocycles. The lowest BCUT2D eigenvalue weighted by Crippen LogP contribution is -2.26. The number of benzene rings is 2. The number of nitrogens with two attached hydrogens (primary N) is 1. The second-order valence-corrected chi connectivity index (χ2v) is 8.78. The molecule has 2 aromatic carbocycles. The Balaban J connectivity index is 2.09. The SMILES string of the molecule is C=C(C)CCCC(N)/C=C/C(C(/c1ccc(F)cc1)=c1/ccccc1=C)=C(/C)C1CC1. The lowest BCUT2D eigenvalue weighted by atomic mass is 9.89. The second kappa shape index (κ2) is 10.5. The highest BCUT2D eigenvalue weighted by molar-refractivity contribution is 5.82. The van der Waals surface area contributed by atoms with Gasteiger partial charge in [-0.3, -0.25) is 0 Å². The van der Waals surface area contributed by atoms with Gasteiger partial charge >= 0.3 is 0 Å². The molecule has 1 atom stereocenters. The standard InChI is InChI=1S/C29H34FN/c1-20(2)8-7-10-26(31)18-19-28(22(4)23-12-13-23)29(24-14-16-25(30)17-15-24)27-11-6-5-9-21(27)3/h5-6,9,11,14-19,23,26H,1,3,7-8,10,12-13,31H2,2,4H3/b19-18+,28-22+,29-27-. The maximum absolute atomic E-state index is 13.7. The highest BCUT2D eigenvalue weighted by Crippen LogP contribution is 2.40. The van der Waals surface area contributed by atoms with Crippen LogP contribution >= 0.6 is 0 Å². The van der Waals surface area contributed by atoms with Crippen molar-refractivity contribution in [3.63, 3.8) is 0 Å². The fourth-order valence-corrected chi connectivity index (χ4v) is 3.94. The lowest BCUT2D eigenvalue weighted by molar-refractivity contribution is 0.627. The van der Waals surface area contributed by atoms with Gasteiger partial charge in [-0.1, -0.05) is 66.3 Å². The molecule has 0 saturated heterocycles. The first-order valence-electron chi connectivity index (χ1n) is 11.2. The summed E-state index contributed by atoms with van der Waals surface area (Å²) in [4.78, 5) is 0. The normalized spacial score (nSPS) is 16.8.